The van der Waals surface area contributed by atoms with Crippen molar-refractivity contribution < 1.29 is 9.90 Å². The Labute approximate surface area is 155 Å². The molecule has 3 rings (SSSR count). The first-order chi connectivity index (χ1) is 12.6. The van der Waals surface area contributed by atoms with Gasteiger partial charge in [-0.05, 0) is 36.8 Å². The van der Waals surface area contributed by atoms with Gasteiger partial charge in [0.15, 0.2) is 6.29 Å². The van der Waals surface area contributed by atoms with Crippen molar-refractivity contribution in [3.63, 3.8) is 0 Å². The number of aromatic hydroxyl groups is 1. The van der Waals surface area contributed by atoms with Gasteiger partial charge in [-0.2, -0.15) is 5.26 Å². The number of carbonyl (C=O) groups is 1. The van der Waals surface area contributed by atoms with Crippen LogP contribution in [-0.2, 0) is 6.42 Å². The van der Waals surface area contributed by atoms with E-state index in [1.165, 1.54) is 0 Å². The van der Waals surface area contributed by atoms with Gasteiger partial charge < -0.3 is 10.1 Å². The molecule has 0 bridgehead atoms. The van der Waals surface area contributed by atoms with E-state index in [0.29, 0.717) is 18.3 Å². The van der Waals surface area contributed by atoms with E-state index in [1.807, 2.05) is 58.9 Å². The molecule has 0 unspecified atom stereocenters. The summed E-state index contributed by atoms with van der Waals surface area (Å²) in [6.07, 6.45) is 0.976. The smallest absolute Gasteiger partial charge is 0.153 e. The Morgan fingerprint density at radius 1 is 1.15 bits per heavy atom. The molecule has 0 aliphatic carbocycles. The molecule has 1 heterocycles. The second-order valence-electron chi connectivity index (χ2n) is 4.72. The summed E-state index contributed by atoms with van der Waals surface area (Å²) >= 11 is 0. The number of nitrogens with one attached hydrogen (secondary N) is 1. The molecule has 0 aliphatic heterocycles. The van der Waals surface area contributed by atoms with Crippen molar-refractivity contribution in [2.45, 2.75) is 41.0 Å². The first kappa shape index (κ1) is 22.9. The van der Waals surface area contributed by atoms with Crippen LogP contribution >= 0.6 is 0 Å². The number of aromatic amines is 1. The number of fused-ring (bicyclic) bond motifs is 1. The van der Waals surface area contributed by atoms with Crippen molar-refractivity contribution in [1.29, 1.82) is 5.26 Å². The summed E-state index contributed by atoms with van der Waals surface area (Å²) in [6, 6.07) is 14.7. The van der Waals surface area contributed by atoms with E-state index in [4.69, 9.17) is 10.4 Å². The van der Waals surface area contributed by atoms with Gasteiger partial charge in [0, 0.05) is 0 Å². The zero-order valence-electron chi connectivity index (χ0n) is 16.1. The van der Waals surface area contributed by atoms with E-state index >= 15 is 0 Å². The van der Waals surface area contributed by atoms with Crippen LogP contribution in [0, 0.1) is 18.3 Å². The quantitative estimate of drug-likeness (QED) is 0.620. The summed E-state index contributed by atoms with van der Waals surface area (Å²) in [7, 11) is 0. The number of carbonyl (C=O) groups excluding carboxylic acids is 1. The minimum atomic E-state index is 0.0509. The largest absolute Gasteiger partial charge is 0.507 e. The fraction of sp³-hybridized carbons (Fsp3) is 0.286. The van der Waals surface area contributed by atoms with Crippen LogP contribution in [0.15, 0.2) is 42.5 Å². The highest BCUT2D eigenvalue weighted by Crippen LogP contribution is 2.15. The van der Waals surface area contributed by atoms with Gasteiger partial charge in [0.05, 0.1) is 29.1 Å². The average molecular weight is 353 g/mol. The van der Waals surface area contributed by atoms with Crippen molar-refractivity contribution in [2.75, 3.05) is 0 Å². The summed E-state index contributed by atoms with van der Waals surface area (Å²) in [5.41, 5.74) is 3.19. The molecule has 0 spiro atoms. The maximum atomic E-state index is 10.2. The number of phenolic OH excluding ortho intramolecular Hbond substituents is 1. The molecule has 2 aromatic carbocycles. The molecule has 0 saturated carbocycles. The third-order valence-corrected chi connectivity index (χ3v) is 3.00. The highest BCUT2D eigenvalue weighted by molar-refractivity contribution is 5.79. The van der Waals surface area contributed by atoms with E-state index in [-0.39, 0.29) is 5.75 Å². The van der Waals surface area contributed by atoms with Crippen LogP contribution in [0.25, 0.3) is 11.0 Å². The number of phenols is 1. The van der Waals surface area contributed by atoms with E-state index in [0.717, 1.165) is 22.4 Å². The second-order valence-corrected chi connectivity index (χ2v) is 4.72. The van der Waals surface area contributed by atoms with Crippen molar-refractivity contribution in [3.05, 3.63) is 59.4 Å². The Balaban J connectivity index is 0.000000409. The molecule has 0 amide bonds. The number of hydrogen-bond donors (Lipinski definition) is 2. The van der Waals surface area contributed by atoms with E-state index in [9.17, 15) is 4.79 Å². The molecule has 2 N–H and O–H groups in total. The highest BCUT2D eigenvalue weighted by Gasteiger charge is 1.99. The van der Waals surface area contributed by atoms with Crippen molar-refractivity contribution >= 4 is 17.3 Å². The lowest BCUT2D eigenvalue weighted by Crippen LogP contribution is -1.81. The van der Waals surface area contributed by atoms with Crippen molar-refractivity contribution in [3.8, 4) is 11.8 Å². The Morgan fingerprint density at radius 2 is 1.81 bits per heavy atom. The van der Waals surface area contributed by atoms with Crippen LogP contribution in [0.2, 0.25) is 0 Å². The van der Waals surface area contributed by atoms with Gasteiger partial charge in [-0.1, -0.05) is 45.9 Å². The van der Waals surface area contributed by atoms with Crippen LogP contribution < -0.4 is 0 Å². The number of H-pyrrole nitrogens is 1. The van der Waals surface area contributed by atoms with Gasteiger partial charge in [0.25, 0.3) is 0 Å². The van der Waals surface area contributed by atoms with E-state index < -0.39 is 0 Å². The SMILES string of the molecule is CC.CC.Cc1ccc(C=O)c(O)c1.N#CCc1nc2ccccc2[nH]1. The fourth-order valence-electron chi connectivity index (χ4n) is 1.92. The van der Waals surface area contributed by atoms with Gasteiger partial charge in [-0.3, -0.25) is 4.79 Å². The van der Waals surface area contributed by atoms with E-state index in [2.05, 4.69) is 16.0 Å². The van der Waals surface area contributed by atoms with Crippen LogP contribution in [0.1, 0.15) is 49.4 Å². The Morgan fingerprint density at radius 3 is 2.35 bits per heavy atom. The predicted octanol–water partition coefficient (Wildman–Crippen LogP) is 5.19. The zero-order chi connectivity index (χ0) is 19.9. The molecule has 0 radical (unpaired) electrons. The molecule has 3 aromatic rings. The maximum Gasteiger partial charge on any atom is 0.153 e. The number of aryl methyl sites for hydroxylation is 1. The molecule has 26 heavy (non-hydrogen) atoms. The first-order valence-electron chi connectivity index (χ1n) is 8.69. The number of benzene rings is 2. The van der Waals surface area contributed by atoms with Crippen molar-refractivity contribution in [1.82, 2.24) is 9.97 Å². The molecule has 0 aliphatic rings. The maximum absolute atomic E-state index is 10.2. The minimum absolute atomic E-state index is 0.0509. The number of nitrogens with zero attached hydrogens (tertiary/aromatic N) is 2. The average Bonchev–Trinajstić information content (AvgIpc) is 3.08. The third kappa shape index (κ3) is 7.18. The molecular formula is C21H27N3O2. The van der Waals surface area contributed by atoms with Gasteiger partial charge in [-0.25, -0.2) is 4.98 Å². The number of nitriles is 1. The molecular weight excluding hydrogens is 326 g/mol. The molecule has 5 heteroatoms. The Hall–Kier alpha value is -3.13. The number of rotatable bonds is 2. The Bertz CT molecular complexity index is 800. The minimum Gasteiger partial charge on any atom is -0.507 e. The summed E-state index contributed by atoms with van der Waals surface area (Å²) in [6.45, 7) is 9.86. The lowest BCUT2D eigenvalue weighted by Gasteiger charge is -1.96. The first-order valence-corrected chi connectivity index (χ1v) is 8.69. The number of para-hydroxylation sites is 2. The molecule has 0 atom stereocenters. The summed E-state index contributed by atoms with van der Waals surface area (Å²) in [5.74, 6) is 0.786. The van der Waals surface area contributed by atoms with Crippen LogP contribution in [0.3, 0.4) is 0 Å². The number of imidazole rings is 1. The van der Waals surface area contributed by atoms with Crippen LogP contribution in [0.5, 0.6) is 5.75 Å². The van der Waals surface area contributed by atoms with E-state index in [1.54, 1.807) is 18.2 Å². The lowest BCUT2D eigenvalue weighted by molar-refractivity contribution is 0.112. The number of aromatic nitrogens is 2. The van der Waals surface area contributed by atoms with Gasteiger partial charge in [0.1, 0.15) is 11.6 Å². The summed E-state index contributed by atoms with van der Waals surface area (Å²) in [5, 5.41) is 17.5. The topological polar surface area (TPSA) is 89.8 Å². The summed E-state index contributed by atoms with van der Waals surface area (Å²) in [4.78, 5) is 17.5. The molecule has 5 nitrogen and oxygen atoms in total. The Kier molecular flexibility index (Phi) is 11.6. The van der Waals surface area contributed by atoms with Gasteiger partial charge in [-0.15, -0.1) is 0 Å². The highest BCUT2D eigenvalue weighted by atomic mass is 16.3. The molecule has 138 valence electrons. The fourth-order valence-corrected chi connectivity index (χ4v) is 1.92. The van der Waals surface area contributed by atoms with Crippen molar-refractivity contribution in [2.24, 2.45) is 0 Å². The second kappa shape index (κ2) is 13.2. The normalized spacial score (nSPS) is 8.62. The zero-order valence-corrected chi connectivity index (χ0v) is 16.1. The standard InChI is InChI=1S/C9H7N3.C8H8O2.2C2H6/c10-6-5-9-11-7-3-1-2-4-8(7)12-9;1-6-2-3-7(5-9)8(10)4-6;2*1-2/h1-4H,5H2,(H,11,12);2-5,10H,1H3;2*1-2H3. The van der Waals surface area contributed by atoms with Crippen LogP contribution in [-0.4, -0.2) is 21.4 Å². The van der Waals surface area contributed by atoms with Gasteiger partial charge >= 0.3 is 0 Å². The number of aldehydes is 1. The molecule has 0 fully saturated rings. The third-order valence-electron chi connectivity index (χ3n) is 3.00. The molecule has 0 saturated heterocycles. The monoisotopic (exact) mass is 353 g/mol. The number of hydrogen-bond acceptors (Lipinski definition) is 4. The van der Waals surface area contributed by atoms with Crippen LogP contribution in [0.4, 0.5) is 0 Å². The summed E-state index contributed by atoms with van der Waals surface area (Å²) < 4.78 is 0. The predicted molar refractivity (Wildman–Crippen MR) is 106 cm³/mol. The van der Waals surface area contributed by atoms with Gasteiger partial charge in [0.2, 0.25) is 0 Å². The molecule has 1 aromatic heterocycles. The lowest BCUT2D eigenvalue weighted by atomic mass is 10.1.